The summed E-state index contributed by atoms with van der Waals surface area (Å²) in [7, 11) is 0. The van der Waals surface area contributed by atoms with Gasteiger partial charge in [0.15, 0.2) is 0 Å². The molecule has 0 atom stereocenters. The largest absolute Gasteiger partial charge is 0.478 e. The number of hydrogen-bond donors (Lipinski definition) is 2. The van der Waals surface area contributed by atoms with Gasteiger partial charge in [-0.25, -0.2) is 9.78 Å². The van der Waals surface area contributed by atoms with Crippen LogP contribution in [0.2, 0.25) is 0 Å². The normalized spacial score (nSPS) is 10.1. The third kappa shape index (κ3) is 4.10. The molecule has 1 aromatic heterocycles. The summed E-state index contributed by atoms with van der Waals surface area (Å²) in [5.74, 6) is -0.331. The first-order valence-electron chi connectivity index (χ1n) is 6.23. The van der Waals surface area contributed by atoms with E-state index in [9.17, 15) is 4.79 Å². The van der Waals surface area contributed by atoms with Crippen molar-refractivity contribution in [3.8, 4) is 0 Å². The molecular formula is C15H16N2O2. The predicted octanol–water partition coefficient (Wildman–Crippen LogP) is 2.82. The van der Waals surface area contributed by atoms with Crippen LogP contribution >= 0.6 is 0 Å². The number of aromatic carboxylic acids is 1. The van der Waals surface area contributed by atoms with E-state index in [0.717, 1.165) is 19.4 Å². The summed E-state index contributed by atoms with van der Waals surface area (Å²) in [4.78, 5) is 14.9. The first-order chi connectivity index (χ1) is 9.25. The Morgan fingerprint density at radius 2 is 2.00 bits per heavy atom. The fourth-order valence-corrected chi connectivity index (χ4v) is 1.81. The standard InChI is InChI=1S/C15H16N2O2/c18-15(19)13-8-10-17-14(11-13)16-9-4-7-12-5-2-1-3-6-12/h1-3,5-6,8,10-11H,4,7,9H2,(H,16,17)(H,18,19). The number of pyridine rings is 1. The van der Waals surface area contributed by atoms with Crippen molar-refractivity contribution in [1.82, 2.24) is 4.98 Å². The molecule has 0 spiro atoms. The molecule has 1 heterocycles. The van der Waals surface area contributed by atoms with Crippen LogP contribution in [0.15, 0.2) is 48.7 Å². The molecule has 19 heavy (non-hydrogen) atoms. The van der Waals surface area contributed by atoms with Crippen molar-refractivity contribution in [2.45, 2.75) is 12.8 Å². The Bertz CT molecular complexity index is 541. The Morgan fingerprint density at radius 1 is 1.21 bits per heavy atom. The molecule has 4 nitrogen and oxygen atoms in total. The van der Waals surface area contributed by atoms with Gasteiger partial charge in [0.2, 0.25) is 0 Å². The molecule has 0 bridgehead atoms. The lowest BCUT2D eigenvalue weighted by Crippen LogP contribution is -2.06. The van der Waals surface area contributed by atoms with Gasteiger partial charge in [0, 0.05) is 12.7 Å². The second-order valence-electron chi connectivity index (χ2n) is 4.25. The van der Waals surface area contributed by atoms with Gasteiger partial charge in [-0.2, -0.15) is 0 Å². The molecule has 4 heteroatoms. The lowest BCUT2D eigenvalue weighted by atomic mass is 10.1. The highest BCUT2D eigenvalue weighted by Gasteiger charge is 2.03. The van der Waals surface area contributed by atoms with Crippen LogP contribution in [0.1, 0.15) is 22.3 Å². The van der Waals surface area contributed by atoms with E-state index < -0.39 is 5.97 Å². The highest BCUT2D eigenvalue weighted by atomic mass is 16.4. The van der Waals surface area contributed by atoms with Crippen molar-refractivity contribution in [2.24, 2.45) is 0 Å². The van der Waals surface area contributed by atoms with Crippen LogP contribution in [0, 0.1) is 0 Å². The fourth-order valence-electron chi connectivity index (χ4n) is 1.81. The van der Waals surface area contributed by atoms with Crippen LogP contribution in [0.3, 0.4) is 0 Å². The maximum absolute atomic E-state index is 10.8. The summed E-state index contributed by atoms with van der Waals surface area (Å²) in [5, 5.41) is 12.0. The summed E-state index contributed by atoms with van der Waals surface area (Å²) in [5.41, 5.74) is 1.55. The Labute approximate surface area is 112 Å². The molecule has 0 unspecified atom stereocenters. The number of aryl methyl sites for hydroxylation is 1. The predicted molar refractivity (Wildman–Crippen MR) is 74.4 cm³/mol. The maximum atomic E-state index is 10.8. The lowest BCUT2D eigenvalue weighted by molar-refractivity contribution is 0.0697. The number of nitrogens with zero attached hydrogens (tertiary/aromatic N) is 1. The van der Waals surface area contributed by atoms with E-state index in [4.69, 9.17) is 5.11 Å². The topological polar surface area (TPSA) is 62.2 Å². The Morgan fingerprint density at radius 3 is 2.74 bits per heavy atom. The van der Waals surface area contributed by atoms with Crippen LogP contribution in [-0.4, -0.2) is 22.6 Å². The van der Waals surface area contributed by atoms with Crippen molar-refractivity contribution in [2.75, 3.05) is 11.9 Å². The maximum Gasteiger partial charge on any atom is 0.335 e. The molecule has 2 N–H and O–H groups in total. The van der Waals surface area contributed by atoms with Gasteiger partial charge in [0.25, 0.3) is 0 Å². The van der Waals surface area contributed by atoms with E-state index >= 15 is 0 Å². The minimum Gasteiger partial charge on any atom is -0.478 e. The summed E-state index contributed by atoms with van der Waals surface area (Å²) < 4.78 is 0. The van der Waals surface area contributed by atoms with Gasteiger partial charge in [0.05, 0.1) is 5.56 Å². The molecule has 2 aromatic rings. The molecule has 0 saturated heterocycles. The van der Waals surface area contributed by atoms with Crippen LogP contribution in [0.4, 0.5) is 5.82 Å². The van der Waals surface area contributed by atoms with Gasteiger partial charge >= 0.3 is 5.97 Å². The molecule has 0 fully saturated rings. The highest BCUT2D eigenvalue weighted by molar-refractivity contribution is 5.88. The summed E-state index contributed by atoms with van der Waals surface area (Å²) in [6.07, 6.45) is 3.47. The number of aromatic nitrogens is 1. The zero-order chi connectivity index (χ0) is 13.5. The van der Waals surface area contributed by atoms with Crippen molar-refractivity contribution >= 4 is 11.8 Å². The summed E-state index contributed by atoms with van der Waals surface area (Å²) >= 11 is 0. The van der Waals surface area contributed by atoms with Crippen LogP contribution < -0.4 is 5.32 Å². The number of carboxylic acid groups (broad SMARTS) is 1. The number of carboxylic acids is 1. The molecular weight excluding hydrogens is 240 g/mol. The van der Waals surface area contributed by atoms with Gasteiger partial charge in [-0.05, 0) is 30.5 Å². The number of benzene rings is 1. The zero-order valence-corrected chi connectivity index (χ0v) is 10.5. The number of hydrogen-bond acceptors (Lipinski definition) is 3. The summed E-state index contributed by atoms with van der Waals surface area (Å²) in [6.45, 7) is 0.769. The van der Waals surface area contributed by atoms with E-state index in [1.165, 1.54) is 17.8 Å². The molecule has 1 aromatic carbocycles. The highest BCUT2D eigenvalue weighted by Crippen LogP contribution is 2.07. The van der Waals surface area contributed by atoms with Crippen LogP contribution in [-0.2, 0) is 6.42 Å². The monoisotopic (exact) mass is 256 g/mol. The second kappa shape index (κ2) is 6.54. The molecule has 0 radical (unpaired) electrons. The Kier molecular flexibility index (Phi) is 4.50. The van der Waals surface area contributed by atoms with E-state index in [-0.39, 0.29) is 5.56 Å². The van der Waals surface area contributed by atoms with Crippen molar-refractivity contribution < 1.29 is 9.90 Å². The smallest absolute Gasteiger partial charge is 0.335 e. The Hall–Kier alpha value is -2.36. The van der Waals surface area contributed by atoms with E-state index in [0.29, 0.717) is 5.82 Å². The molecule has 0 amide bonds. The number of anilines is 1. The molecule has 0 saturated carbocycles. The van der Waals surface area contributed by atoms with Gasteiger partial charge in [-0.1, -0.05) is 30.3 Å². The van der Waals surface area contributed by atoms with E-state index in [1.807, 2.05) is 18.2 Å². The first kappa shape index (κ1) is 13.1. The van der Waals surface area contributed by atoms with Crippen molar-refractivity contribution in [3.05, 3.63) is 59.8 Å². The minimum absolute atomic E-state index is 0.251. The van der Waals surface area contributed by atoms with Crippen molar-refractivity contribution in [1.29, 1.82) is 0 Å². The van der Waals surface area contributed by atoms with E-state index in [1.54, 1.807) is 6.07 Å². The van der Waals surface area contributed by atoms with Crippen LogP contribution in [0.25, 0.3) is 0 Å². The molecule has 0 aliphatic heterocycles. The summed E-state index contributed by atoms with van der Waals surface area (Å²) in [6, 6.07) is 13.3. The van der Waals surface area contributed by atoms with Gasteiger partial charge in [-0.15, -0.1) is 0 Å². The Balaban J connectivity index is 1.80. The number of rotatable bonds is 6. The first-order valence-corrected chi connectivity index (χ1v) is 6.23. The van der Waals surface area contributed by atoms with Gasteiger partial charge in [-0.3, -0.25) is 0 Å². The third-order valence-electron chi connectivity index (χ3n) is 2.80. The molecule has 0 aliphatic carbocycles. The fraction of sp³-hybridized carbons (Fsp3) is 0.200. The molecule has 98 valence electrons. The number of carbonyl (C=O) groups is 1. The second-order valence-corrected chi connectivity index (χ2v) is 4.25. The minimum atomic E-state index is -0.935. The average molecular weight is 256 g/mol. The van der Waals surface area contributed by atoms with Crippen molar-refractivity contribution in [3.63, 3.8) is 0 Å². The van der Waals surface area contributed by atoms with Crippen LogP contribution in [0.5, 0.6) is 0 Å². The average Bonchev–Trinajstić information content (AvgIpc) is 2.45. The lowest BCUT2D eigenvalue weighted by Gasteiger charge is -2.06. The molecule has 0 aliphatic rings. The SMILES string of the molecule is O=C(O)c1ccnc(NCCCc2ccccc2)c1. The number of nitrogens with one attached hydrogen (secondary N) is 1. The molecule has 2 rings (SSSR count). The van der Waals surface area contributed by atoms with E-state index in [2.05, 4.69) is 22.4 Å². The quantitative estimate of drug-likeness (QED) is 0.780. The van der Waals surface area contributed by atoms with Gasteiger partial charge < -0.3 is 10.4 Å². The third-order valence-corrected chi connectivity index (χ3v) is 2.80. The zero-order valence-electron chi connectivity index (χ0n) is 10.5. The van der Waals surface area contributed by atoms with Gasteiger partial charge in [0.1, 0.15) is 5.82 Å².